The predicted molar refractivity (Wildman–Crippen MR) is 83.0 cm³/mol. The van der Waals surface area contributed by atoms with Crippen LogP contribution in [0.25, 0.3) is 11.0 Å². The molecule has 1 aliphatic rings. The Balaban J connectivity index is 1.70. The first kappa shape index (κ1) is 14.1. The van der Waals surface area contributed by atoms with Gasteiger partial charge in [0.05, 0.1) is 12.1 Å². The van der Waals surface area contributed by atoms with Crippen molar-refractivity contribution in [2.75, 3.05) is 6.54 Å². The van der Waals surface area contributed by atoms with Gasteiger partial charge >= 0.3 is 0 Å². The minimum atomic E-state index is -0.124. The lowest BCUT2D eigenvalue weighted by atomic mass is 9.92. The van der Waals surface area contributed by atoms with Crippen LogP contribution in [-0.4, -0.2) is 18.5 Å². The van der Waals surface area contributed by atoms with Gasteiger partial charge in [0.2, 0.25) is 5.91 Å². The number of amides is 1. The summed E-state index contributed by atoms with van der Waals surface area (Å²) in [6.07, 6.45) is 2.24. The van der Waals surface area contributed by atoms with Crippen molar-refractivity contribution in [2.45, 2.75) is 38.8 Å². The summed E-state index contributed by atoms with van der Waals surface area (Å²) in [4.78, 5) is 12.4. The van der Waals surface area contributed by atoms with Gasteiger partial charge in [0.15, 0.2) is 0 Å². The molecule has 0 saturated carbocycles. The Kier molecular flexibility index (Phi) is 3.97. The molecule has 2 aromatic rings. The fourth-order valence-corrected chi connectivity index (χ4v) is 2.99. The van der Waals surface area contributed by atoms with Crippen LogP contribution in [0.2, 0.25) is 0 Å². The van der Waals surface area contributed by atoms with Crippen LogP contribution < -0.4 is 10.6 Å². The minimum Gasteiger partial charge on any atom is -0.459 e. The largest absolute Gasteiger partial charge is 0.459 e. The Morgan fingerprint density at radius 3 is 3.00 bits per heavy atom. The molecule has 3 atom stereocenters. The maximum Gasteiger partial charge on any atom is 0.237 e. The number of hydrogen-bond acceptors (Lipinski definition) is 3. The van der Waals surface area contributed by atoms with Crippen LogP contribution in [-0.2, 0) is 4.79 Å². The molecule has 1 aliphatic heterocycles. The lowest BCUT2D eigenvalue weighted by Crippen LogP contribution is -2.51. The summed E-state index contributed by atoms with van der Waals surface area (Å²) in [6, 6.07) is 9.68. The third kappa shape index (κ3) is 2.95. The van der Waals surface area contributed by atoms with E-state index >= 15 is 0 Å². The molecular formula is C17H22N2O2. The highest BCUT2D eigenvalue weighted by Gasteiger charge is 2.28. The molecule has 4 nitrogen and oxygen atoms in total. The van der Waals surface area contributed by atoms with Crippen LogP contribution in [0, 0.1) is 5.92 Å². The van der Waals surface area contributed by atoms with E-state index in [9.17, 15) is 4.79 Å². The number of piperidine rings is 1. The van der Waals surface area contributed by atoms with E-state index in [0.717, 1.165) is 36.1 Å². The van der Waals surface area contributed by atoms with Gasteiger partial charge in [-0.3, -0.25) is 4.79 Å². The molecule has 1 amide bonds. The third-order valence-electron chi connectivity index (χ3n) is 4.28. The lowest BCUT2D eigenvalue weighted by molar-refractivity contribution is -0.125. The van der Waals surface area contributed by atoms with Crippen LogP contribution in [0.1, 0.15) is 38.5 Å². The van der Waals surface area contributed by atoms with Crippen LogP contribution in [0.4, 0.5) is 0 Å². The zero-order chi connectivity index (χ0) is 14.8. The smallest absolute Gasteiger partial charge is 0.237 e. The molecule has 21 heavy (non-hydrogen) atoms. The summed E-state index contributed by atoms with van der Waals surface area (Å²) >= 11 is 0. The number of furan rings is 1. The average Bonchev–Trinajstić information content (AvgIpc) is 2.91. The number of rotatable bonds is 3. The normalized spacial score (nSPS) is 23.9. The first-order valence-corrected chi connectivity index (χ1v) is 7.67. The fourth-order valence-electron chi connectivity index (χ4n) is 2.99. The molecule has 1 fully saturated rings. The van der Waals surface area contributed by atoms with Gasteiger partial charge in [-0.25, -0.2) is 0 Å². The summed E-state index contributed by atoms with van der Waals surface area (Å²) in [7, 11) is 0. The van der Waals surface area contributed by atoms with Crippen molar-refractivity contribution < 1.29 is 9.21 Å². The second kappa shape index (κ2) is 5.90. The van der Waals surface area contributed by atoms with E-state index in [0.29, 0.717) is 5.92 Å². The number of carbonyl (C=O) groups is 1. The summed E-state index contributed by atoms with van der Waals surface area (Å²) in [6.45, 7) is 5.01. The first-order chi connectivity index (χ1) is 10.1. The van der Waals surface area contributed by atoms with Gasteiger partial charge in [0.25, 0.3) is 0 Å². The predicted octanol–water partition coefficient (Wildman–Crippen LogP) is 3.00. The van der Waals surface area contributed by atoms with Gasteiger partial charge in [-0.2, -0.15) is 0 Å². The van der Waals surface area contributed by atoms with Crippen LogP contribution >= 0.6 is 0 Å². The van der Waals surface area contributed by atoms with E-state index in [1.54, 1.807) is 0 Å². The van der Waals surface area contributed by atoms with Crippen molar-refractivity contribution >= 4 is 16.9 Å². The van der Waals surface area contributed by atoms with Gasteiger partial charge in [0.1, 0.15) is 11.3 Å². The number of hydrogen-bond donors (Lipinski definition) is 2. The molecule has 0 spiro atoms. The Morgan fingerprint density at radius 1 is 1.43 bits per heavy atom. The summed E-state index contributed by atoms with van der Waals surface area (Å²) in [5.74, 6) is 1.24. The molecule has 3 unspecified atom stereocenters. The number of fused-ring (bicyclic) bond motifs is 1. The molecule has 4 heteroatoms. The monoisotopic (exact) mass is 286 g/mol. The van der Waals surface area contributed by atoms with Gasteiger partial charge in [-0.1, -0.05) is 25.1 Å². The maximum atomic E-state index is 12.4. The second-order valence-electron chi connectivity index (χ2n) is 5.97. The van der Waals surface area contributed by atoms with E-state index in [4.69, 9.17) is 4.42 Å². The Morgan fingerprint density at radius 2 is 2.24 bits per heavy atom. The minimum absolute atomic E-state index is 0.0650. The highest BCUT2D eigenvalue weighted by atomic mass is 16.3. The van der Waals surface area contributed by atoms with Crippen molar-refractivity contribution in [3.05, 3.63) is 36.1 Å². The zero-order valence-corrected chi connectivity index (χ0v) is 12.6. The number of nitrogens with one attached hydrogen (secondary N) is 2. The number of carbonyl (C=O) groups excluding carboxylic acids is 1. The molecule has 1 aromatic carbocycles. The van der Waals surface area contributed by atoms with Gasteiger partial charge in [-0.05, 0) is 44.4 Å². The van der Waals surface area contributed by atoms with Crippen LogP contribution in [0.5, 0.6) is 0 Å². The second-order valence-corrected chi connectivity index (χ2v) is 5.97. The van der Waals surface area contributed by atoms with E-state index < -0.39 is 0 Å². The van der Waals surface area contributed by atoms with E-state index in [1.807, 2.05) is 37.3 Å². The highest BCUT2D eigenvalue weighted by molar-refractivity contribution is 5.83. The van der Waals surface area contributed by atoms with E-state index in [2.05, 4.69) is 17.6 Å². The topological polar surface area (TPSA) is 54.3 Å². The zero-order valence-electron chi connectivity index (χ0n) is 12.6. The fraction of sp³-hybridized carbons (Fsp3) is 0.471. The maximum absolute atomic E-state index is 12.4. The Labute approximate surface area is 124 Å². The quantitative estimate of drug-likeness (QED) is 0.912. The number of para-hydroxylation sites is 1. The third-order valence-corrected chi connectivity index (χ3v) is 4.28. The Hall–Kier alpha value is -1.81. The molecule has 1 aromatic heterocycles. The highest BCUT2D eigenvalue weighted by Crippen LogP contribution is 2.24. The summed E-state index contributed by atoms with van der Waals surface area (Å²) < 4.78 is 5.81. The lowest BCUT2D eigenvalue weighted by Gasteiger charge is -2.29. The van der Waals surface area contributed by atoms with Crippen molar-refractivity contribution in [2.24, 2.45) is 5.92 Å². The molecule has 1 saturated heterocycles. The molecule has 0 bridgehead atoms. The van der Waals surface area contributed by atoms with Crippen molar-refractivity contribution in [3.63, 3.8) is 0 Å². The van der Waals surface area contributed by atoms with Crippen molar-refractivity contribution in [1.82, 2.24) is 10.6 Å². The molecule has 112 valence electrons. The average molecular weight is 286 g/mol. The van der Waals surface area contributed by atoms with E-state index in [1.165, 1.54) is 0 Å². The SMILES string of the molecule is CC(NC(=O)C1NCCCC1C)c1cc2ccccc2o1. The molecule has 3 rings (SSSR count). The van der Waals surface area contributed by atoms with Gasteiger partial charge in [-0.15, -0.1) is 0 Å². The van der Waals surface area contributed by atoms with Gasteiger partial charge in [0, 0.05) is 5.39 Å². The Bertz CT molecular complexity index is 602. The standard InChI is InChI=1S/C17H22N2O2/c1-11-6-5-9-18-16(11)17(20)19-12(2)15-10-13-7-3-4-8-14(13)21-15/h3-4,7-8,10-12,16,18H,5-6,9H2,1-2H3,(H,19,20). The van der Waals surface area contributed by atoms with Crippen LogP contribution in [0.15, 0.2) is 34.7 Å². The van der Waals surface area contributed by atoms with Crippen molar-refractivity contribution in [1.29, 1.82) is 0 Å². The van der Waals surface area contributed by atoms with Gasteiger partial charge < -0.3 is 15.1 Å². The molecule has 2 heterocycles. The molecular weight excluding hydrogens is 264 g/mol. The summed E-state index contributed by atoms with van der Waals surface area (Å²) in [5.41, 5.74) is 0.859. The summed E-state index contributed by atoms with van der Waals surface area (Å²) in [5, 5.41) is 7.44. The van der Waals surface area contributed by atoms with Crippen LogP contribution in [0.3, 0.4) is 0 Å². The molecule has 2 N–H and O–H groups in total. The van der Waals surface area contributed by atoms with E-state index in [-0.39, 0.29) is 18.0 Å². The van der Waals surface area contributed by atoms with Crippen molar-refractivity contribution in [3.8, 4) is 0 Å². The first-order valence-electron chi connectivity index (χ1n) is 7.67. The number of benzene rings is 1. The molecule has 0 aliphatic carbocycles. The molecule has 0 radical (unpaired) electrons.